The lowest BCUT2D eigenvalue weighted by atomic mass is 9.78. The molecular formula is C31H39NO4. The van der Waals surface area contributed by atoms with Crippen LogP contribution in [0.5, 0.6) is 0 Å². The number of rotatable bonds is 7. The van der Waals surface area contributed by atoms with Crippen LogP contribution < -0.4 is 0 Å². The summed E-state index contributed by atoms with van der Waals surface area (Å²) in [7, 11) is 0. The highest BCUT2D eigenvalue weighted by Crippen LogP contribution is 2.46. The van der Waals surface area contributed by atoms with Crippen LogP contribution >= 0.6 is 0 Å². The number of hydrogen-bond acceptors (Lipinski definition) is 4. The molecule has 0 bridgehead atoms. The molecule has 0 radical (unpaired) electrons. The fourth-order valence-corrected chi connectivity index (χ4v) is 6.22. The standard InChI is InChI=1S/C31H39NO4/c1-2-35-31-26(16-11-19-33)28(21-29(36-31)30(34)32-17-8-4-3-5-9-18-32)25-15-10-14-24-23-13-7-6-12-22(23)20-27(24)25/h6-7,10,12-15,21,26,28,31,33H,2-5,8-9,11,16-20H2,1H3. The highest BCUT2D eigenvalue weighted by Gasteiger charge is 2.40. The predicted octanol–water partition coefficient (Wildman–Crippen LogP) is 5.80. The Morgan fingerprint density at radius 1 is 1.03 bits per heavy atom. The Bertz CT molecular complexity index is 1090. The second kappa shape index (κ2) is 11.6. The molecule has 2 heterocycles. The number of aliphatic hydroxyl groups excluding tert-OH is 1. The van der Waals surface area contributed by atoms with E-state index in [4.69, 9.17) is 9.47 Å². The van der Waals surface area contributed by atoms with Crippen molar-refractivity contribution in [3.8, 4) is 11.1 Å². The third-order valence-corrected chi connectivity index (χ3v) is 8.01. The molecule has 2 aromatic carbocycles. The molecule has 0 spiro atoms. The van der Waals surface area contributed by atoms with Gasteiger partial charge in [-0.05, 0) is 72.9 Å². The minimum atomic E-state index is -0.509. The van der Waals surface area contributed by atoms with Gasteiger partial charge in [0.2, 0.25) is 6.29 Å². The van der Waals surface area contributed by atoms with Gasteiger partial charge in [-0.15, -0.1) is 0 Å². The number of ether oxygens (including phenoxy) is 2. The van der Waals surface area contributed by atoms with Crippen molar-refractivity contribution in [2.75, 3.05) is 26.3 Å². The summed E-state index contributed by atoms with van der Waals surface area (Å²) in [6.45, 7) is 4.18. The quantitative estimate of drug-likeness (QED) is 0.456. The molecular weight excluding hydrogens is 450 g/mol. The zero-order chi connectivity index (χ0) is 24.9. The molecule has 5 rings (SSSR count). The number of nitrogens with zero attached hydrogens (tertiary/aromatic N) is 1. The molecule has 0 aromatic heterocycles. The Labute approximate surface area is 215 Å². The summed E-state index contributed by atoms with van der Waals surface area (Å²) in [5.74, 6) is 0.423. The van der Waals surface area contributed by atoms with E-state index in [-0.39, 0.29) is 24.3 Å². The Hall–Kier alpha value is -2.63. The second-order valence-corrected chi connectivity index (χ2v) is 10.3. The second-order valence-electron chi connectivity index (χ2n) is 10.3. The van der Waals surface area contributed by atoms with E-state index in [2.05, 4.69) is 48.5 Å². The van der Waals surface area contributed by atoms with E-state index in [1.807, 2.05) is 11.8 Å². The maximum absolute atomic E-state index is 13.7. The van der Waals surface area contributed by atoms with Crippen LogP contribution in [0, 0.1) is 5.92 Å². The van der Waals surface area contributed by atoms with Gasteiger partial charge in [-0.1, -0.05) is 61.7 Å². The van der Waals surface area contributed by atoms with E-state index in [1.165, 1.54) is 47.1 Å². The number of carbonyl (C=O) groups is 1. The Kier molecular flexibility index (Phi) is 8.08. The number of fused-ring (bicyclic) bond motifs is 3. The van der Waals surface area contributed by atoms with E-state index in [0.29, 0.717) is 18.8 Å². The van der Waals surface area contributed by atoms with E-state index >= 15 is 0 Å². The number of benzene rings is 2. The molecule has 1 amide bonds. The first-order valence-electron chi connectivity index (χ1n) is 13.8. The number of carbonyl (C=O) groups excluding carboxylic acids is 1. The average molecular weight is 490 g/mol. The first-order valence-corrected chi connectivity index (χ1v) is 13.8. The zero-order valence-electron chi connectivity index (χ0n) is 21.5. The van der Waals surface area contributed by atoms with E-state index in [9.17, 15) is 9.90 Å². The molecule has 0 saturated carbocycles. The largest absolute Gasteiger partial charge is 0.459 e. The Morgan fingerprint density at radius 2 is 1.78 bits per heavy atom. The SMILES string of the molecule is CCOC1OC(C(=O)N2CCCCCCC2)=CC(c2cccc3c2Cc2ccccc2-3)C1CCCO. The van der Waals surface area contributed by atoms with Gasteiger partial charge in [0, 0.05) is 38.1 Å². The molecule has 3 atom stereocenters. The van der Waals surface area contributed by atoms with Crippen molar-refractivity contribution in [3.05, 3.63) is 71.0 Å². The van der Waals surface area contributed by atoms with Gasteiger partial charge in [0.1, 0.15) is 0 Å². The lowest BCUT2D eigenvalue weighted by Gasteiger charge is -2.38. The van der Waals surface area contributed by atoms with E-state index in [1.54, 1.807) is 0 Å². The molecule has 3 aliphatic rings. The van der Waals surface area contributed by atoms with Gasteiger partial charge in [0.05, 0.1) is 0 Å². The lowest BCUT2D eigenvalue weighted by Crippen LogP contribution is -2.41. The molecule has 1 aliphatic carbocycles. The van der Waals surface area contributed by atoms with E-state index < -0.39 is 6.29 Å². The van der Waals surface area contributed by atoms with Gasteiger partial charge >= 0.3 is 0 Å². The summed E-state index contributed by atoms with van der Waals surface area (Å²) < 4.78 is 12.4. The van der Waals surface area contributed by atoms with Crippen molar-refractivity contribution in [3.63, 3.8) is 0 Å². The fraction of sp³-hybridized carbons (Fsp3) is 0.516. The van der Waals surface area contributed by atoms with Crippen LogP contribution in [0.4, 0.5) is 0 Å². The zero-order valence-corrected chi connectivity index (χ0v) is 21.5. The minimum Gasteiger partial charge on any atom is -0.459 e. The summed E-state index contributed by atoms with van der Waals surface area (Å²) in [5, 5.41) is 9.65. The maximum atomic E-state index is 13.7. The van der Waals surface area contributed by atoms with Crippen molar-refractivity contribution < 1.29 is 19.4 Å². The molecule has 1 N–H and O–H groups in total. The molecule has 2 aromatic rings. The molecule has 3 unspecified atom stereocenters. The van der Waals surface area contributed by atoms with Gasteiger partial charge < -0.3 is 19.5 Å². The predicted molar refractivity (Wildman–Crippen MR) is 141 cm³/mol. The van der Waals surface area contributed by atoms with Gasteiger partial charge in [0.25, 0.3) is 5.91 Å². The minimum absolute atomic E-state index is 0.0110. The highest BCUT2D eigenvalue weighted by atomic mass is 16.7. The summed E-state index contributed by atoms with van der Waals surface area (Å²) in [4.78, 5) is 15.7. The fourth-order valence-electron chi connectivity index (χ4n) is 6.22. The first kappa shape index (κ1) is 25.0. The maximum Gasteiger partial charge on any atom is 0.288 e. The molecule has 2 aliphatic heterocycles. The summed E-state index contributed by atoms with van der Waals surface area (Å²) in [5.41, 5.74) is 6.52. The van der Waals surface area contributed by atoms with E-state index in [0.717, 1.165) is 38.8 Å². The molecule has 1 fully saturated rings. The summed E-state index contributed by atoms with van der Waals surface area (Å²) >= 11 is 0. The van der Waals surface area contributed by atoms with Crippen molar-refractivity contribution >= 4 is 5.91 Å². The molecule has 192 valence electrons. The van der Waals surface area contributed by atoms with Crippen molar-refractivity contribution in [1.29, 1.82) is 0 Å². The van der Waals surface area contributed by atoms with Gasteiger partial charge in [0.15, 0.2) is 5.76 Å². The number of allylic oxidation sites excluding steroid dienone is 1. The van der Waals surface area contributed by atoms with Crippen LogP contribution in [-0.2, 0) is 20.7 Å². The van der Waals surface area contributed by atoms with Gasteiger partial charge in [-0.3, -0.25) is 4.79 Å². The van der Waals surface area contributed by atoms with Gasteiger partial charge in [-0.25, -0.2) is 0 Å². The van der Waals surface area contributed by atoms with Crippen LogP contribution in [0.25, 0.3) is 11.1 Å². The van der Waals surface area contributed by atoms with Crippen LogP contribution in [0.1, 0.15) is 74.5 Å². The van der Waals surface area contributed by atoms with Crippen LogP contribution in [0.3, 0.4) is 0 Å². The topological polar surface area (TPSA) is 59.0 Å². The highest BCUT2D eigenvalue weighted by molar-refractivity contribution is 5.92. The third-order valence-electron chi connectivity index (χ3n) is 8.01. The normalized spacial score (nSPS) is 23.7. The molecule has 5 heteroatoms. The van der Waals surface area contributed by atoms with Crippen molar-refractivity contribution in [2.24, 2.45) is 5.92 Å². The Morgan fingerprint density at radius 3 is 2.56 bits per heavy atom. The molecule has 36 heavy (non-hydrogen) atoms. The monoisotopic (exact) mass is 489 g/mol. The number of aliphatic hydroxyl groups is 1. The molecule has 1 saturated heterocycles. The van der Waals surface area contributed by atoms with Crippen LogP contribution in [0.2, 0.25) is 0 Å². The smallest absolute Gasteiger partial charge is 0.288 e. The van der Waals surface area contributed by atoms with Crippen molar-refractivity contribution in [2.45, 2.75) is 70.5 Å². The Balaban J connectivity index is 1.54. The summed E-state index contributed by atoms with van der Waals surface area (Å²) in [6.07, 6.45) is 9.58. The number of amides is 1. The lowest BCUT2D eigenvalue weighted by molar-refractivity contribution is -0.170. The average Bonchev–Trinajstić information content (AvgIpc) is 3.26. The van der Waals surface area contributed by atoms with Gasteiger partial charge in [-0.2, -0.15) is 0 Å². The number of hydrogen-bond donors (Lipinski definition) is 1. The third kappa shape index (κ3) is 5.09. The van der Waals surface area contributed by atoms with Crippen molar-refractivity contribution in [1.82, 2.24) is 4.90 Å². The number of likely N-dealkylation sites (tertiary alicyclic amines) is 1. The summed E-state index contributed by atoms with van der Waals surface area (Å²) in [6, 6.07) is 15.2. The van der Waals surface area contributed by atoms with Crippen LogP contribution in [0.15, 0.2) is 54.3 Å². The first-order chi connectivity index (χ1) is 17.7. The van der Waals surface area contributed by atoms with Crippen LogP contribution in [-0.4, -0.2) is 48.5 Å². The molecule has 5 nitrogen and oxygen atoms in total.